The summed E-state index contributed by atoms with van der Waals surface area (Å²) in [5, 5.41) is 5.54. The average molecular weight is 416 g/mol. The van der Waals surface area contributed by atoms with E-state index in [-0.39, 0.29) is 22.5 Å². The zero-order valence-corrected chi connectivity index (χ0v) is 16.0. The van der Waals surface area contributed by atoms with Crippen LogP contribution in [0.4, 0.5) is 23.9 Å². The van der Waals surface area contributed by atoms with Crippen molar-refractivity contribution in [2.45, 2.75) is 19.3 Å². The van der Waals surface area contributed by atoms with E-state index in [1.807, 2.05) is 0 Å². The molecule has 0 saturated heterocycles. The van der Waals surface area contributed by atoms with E-state index in [0.717, 1.165) is 23.5 Å². The van der Waals surface area contributed by atoms with E-state index in [2.05, 4.69) is 10.6 Å². The first-order valence-electron chi connectivity index (χ1n) is 8.79. The molecule has 0 aliphatic carbocycles. The highest BCUT2D eigenvalue weighted by Gasteiger charge is 2.35. The molecule has 1 aliphatic rings. The Kier molecular flexibility index (Phi) is 4.87. The molecule has 1 aromatic heterocycles. The molecule has 0 spiro atoms. The molecule has 0 saturated carbocycles. The van der Waals surface area contributed by atoms with Crippen molar-refractivity contribution in [2.75, 3.05) is 10.6 Å². The third-order valence-electron chi connectivity index (χ3n) is 4.86. The molecule has 4 nitrogen and oxygen atoms in total. The van der Waals surface area contributed by atoms with E-state index in [4.69, 9.17) is 0 Å². The standard InChI is InChI=1S/C21H15F3N2O2S/c1-10-17-11(18-13(23)6-4-7-14(18)24)9-16(27)26-21(17)29-19(10)20(28)25-15-8-3-2-5-12(15)22/h2-8,11H,9H2,1H3,(H,25,28)(H,26,27)/t11-/m0/s1. The Morgan fingerprint density at radius 3 is 2.38 bits per heavy atom. The lowest BCUT2D eigenvalue weighted by Crippen LogP contribution is -2.24. The summed E-state index contributed by atoms with van der Waals surface area (Å²) >= 11 is 0.998. The van der Waals surface area contributed by atoms with Crippen molar-refractivity contribution < 1.29 is 22.8 Å². The van der Waals surface area contributed by atoms with E-state index in [9.17, 15) is 22.8 Å². The van der Waals surface area contributed by atoms with Crippen LogP contribution in [0.1, 0.15) is 38.7 Å². The molecule has 8 heteroatoms. The molecule has 0 unspecified atom stereocenters. The van der Waals surface area contributed by atoms with E-state index in [1.165, 1.54) is 24.3 Å². The fourth-order valence-corrected chi connectivity index (χ4v) is 4.73. The molecular weight excluding hydrogens is 401 g/mol. The number of amides is 2. The van der Waals surface area contributed by atoms with Gasteiger partial charge in [0, 0.05) is 17.9 Å². The summed E-state index contributed by atoms with van der Waals surface area (Å²) in [6.45, 7) is 1.65. The fraction of sp³-hybridized carbons (Fsp3) is 0.143. The minimum Gasteiger partial charge on any atom is -0.319 e. The number of benzene rings is 2. The van der Waals surface area contributed by atoms with Crippen LogP contribution in [0.15, 0.2) is 42.5 Å². The van der Waals surface area contributed by atoms with Crippen LogP contribution in [0.25, 0.3) is 0 Å². The van der Waals surface area contributed by atoms with Crippen LogP contribution >= 0.6 is 11.3 Å². The van der Waals surface area contributed by atoms with E-state index in [1.54, 1.807) is 13.0 Å². The second-order valence-electron chi connectivity index (χ2n) is 6.67. The normalized spacial score (nSPS) is 15.6. The number of carbonyl (C=O) groups is 2. The van der Waals surface area contributed by atoms with Gasteiger partial charge in [0.05, 0.1) is 15.6 Å². The molecule has 2 amide bonds. The summed E-state index contributed by atoms with van der Waals surface area (Å²) in [4.78, 5) is 25.1. The predicted molar refractivity (Wildman–Crippen MR) is 105 cm³/mol. The van der Waals surface area contributed by atoms with Gasteiger partial charge in [0.2, 0.25) is 5.91 Å². The van der Waals surface area contributed by atoms with Gasteiger partial charge in [-0.15, -0.1) is 11.3 Å². The van der Waals surface area contributed by atoms with Gasteiger partial charge in [-0.05, 0) is 42.3 Å². The Hall–Kier alpha value is -3.13. The largest absolute Gasteiger partial charge is 0.319 e. The van der Waals surface area contributed by atoms with Gasteiger partial charge in [0.25, 0.3) is 5.91 Å². The number of rotatable bonds is 3. The van der Waals surface area contributed by atoms with Gasteiger partial charge in [-0.25, -0.2) is 13.2 Å². The number of halogens is 3. The first-order chi connectivity index (χ1) is 13.9. The van der Waals surface area contributed by atoms with Crippen molar-refractivity contribution in [3.8, 4) is 0 Å². The Morgan fingerprint density at radius 1 is 1.03 bits per heavy atom. The molecule has 2 N–H and O–H groups in total. The van der Waals surface area contributed by atoms with Gasteiger partial charge >= 0.3 is 0 Å². The van der Waals surface area contributed by atoms with Crippen LogP contribution in [0.5, 0.6) is 0 Å². The van der Waals surface area contributed by atoms with Crippen LogP contribution in [0, 0.1) is 24.4 Å². The SMILES string of the molecule is Cc1c(C(=O)Nc2ccccc2F)sc2c1[C@@H](c1c(F)cccc1F)CC(=O)N2. The second kappa shape index (κ2) is 7.36. The van der Waals surface area contributed by atoms with Gasteiger partial charge in [-0.3, -0.25) is 9.59 Å². The number of nitrogens with one attached hydrogen (secondary N) is 2. The average Bonchev–Trinajstić information content (AvgIpc) is 3.00. The van der Waals surface area contributed by atoms with Crippen LogP contribution in [-0.4, -0.2) is 11.8 Å². The second-order valence-corrected chi connectivity index (χ2v) is 7.69. The molecule has 2 aromatic carbocycles. The van der Waals surface area contributed by atoms with Gasteiger partial charge < -0.3 is 10.6 Å². The predicted octanol–water partition coefficient (Wildman–Crippen LogP) is 5.20. The summed E-state index contributed by atoms with van der Waals surface area (Å²) in [7, 11) is 0. The van der Waals surface area contributed by atoms with Crippen LogP contribution < -0.4 is 10.6 Å². The Bertz CT molecular complexity index is 1120. The number of hydrogen-bond donors (Lipinski definition) is 2. The molecule has 4 rings (SSSR count). The van der Waals surface area contributed by atoms with E-state index >= 15 is 0 Å². The number of fused-ring (bicyclic) bond motifs is 1. The first-order valence-corrected chi connectivity index (χ1v) is 9.61. The molecule has 0 radical (unpaired) electrons. The molecular formula is C21H15F3N2O2S. The van der Waals surface area contributed by atoms with Gasteiger partial charge in [-0.2, -0.15) is 0 Å². The van der Waals surface area contributed by atoms with Crippen molar-refractivity contribution in [1.29, 1.82) is 0 Å². The first kappa shape index (κ1) is 19.2. The number of para-hydroxylation sites is 1. The highest BCUT2D eigenvalue weighted by molar-refractivity contribution is 7.18. The monoisotopic (exact) mass is 416 g/mol. The number of hydrogen-bond acceptors (Lipinski definition) is 3. The molecule has 0 bridgehead atoms. The maximum Gasteiger partial charge on any atom is 0.266 e. The Labute approximate surface area is 168 Å². The Balaban J connectivity index is 1.77. The third kappa shape index (κ3) is 3.40. The van der Waals surface area contributed by atoms with Crippen molar-refractivity contribution in [3.63, 3.8) is 0 Å². The zero-order chi connectivity index (χ0) is 20.7. The molecule has 3 aromatic rings. The Morgan fingerprint density at radius 2 is 1.69 bits per heavy atom. The maximum atomic E-state index is 14.4. The number of thiophene rings is 1. The smallest absolute Gasteiger partial charge is 0.266 e. The molecule has 1 aliphatic heterocycles. The molecule has 2 heterocycles. The minimum atomic E-state index is -0.855. The molecule has 148 valence electrons. The summed E-state index contributed by atoms with van der Waals surface area (Å²) in [5.41, 5.74) is 0.804. The topological polar surface area (TPSA) is 58.2 Å². The quantitative estimate of drug-likeness (QED) is 0.617. The summed E-state index contributed by atoms with van der Waals surface area (Å²) in [6.07, 6.45) is -0.142. The van der Waals surface area contributed by atoms with Crippen LogP contribution in [-0.2, 0) is 4.79 Å². The molecule has 0 fully saturated rings. The van der Waals surface area contributed by atoms with Crippen molar-refractivity contribution in [3.05, 3.63) is 81.5 Å². The van der Waals surface area contributed by atoms with E-state index < -0.39 is 35.2 Å². The summed E-state index contributed by atoms with van der Waals surface area (Å²) < 4.78 is 42.7. The fourth-order valence-electron chi connectivity index (χ4n) is 3.55. The molecule has 29 heavy (non-hydrogen) atoms. The van der Waals surface area contributed by atoms with Gasteiger partial charge in [0.15, 0.2) is 0 Å². The van der Waals surface area contributed by atoms with Gasteiger partial charge in [0.1, 0.15) is 17.5 Å². The van der Waals surface area contributed by atoms with E-state index in [0.29, 0.717) is 16.1 Å². The number of carbonyl (C=O) groups excluding carboxylic acids is 2. The lowest BCUT2D eigenvalue weighted by molar-refractivity contribution is -0.116. The lowest BCUT2D eigenvalue weighted by atomic mass is 9.84. The zero-order valence-electron chi connectivity index (χ0n) is 15.2. The van der Waals surface area contributed by atoms with Crippen LogP contribution in [0.3, 0.4) is 0 Å². The van der Waals surface area contributed by atoms with Crippen molar-refractivity contribution in [1.82, 2.24) is 0 Å². The van der Waals surface area contributed by atoms with Gasteiger partial charge in [-0.1, -0.05) is 18.2 Å². The lowest BCUT2D eigenvalue weighted by Gasteiger charge is -2.24. The molecule has 1 atom stereocenters. The summed E-state index contributed by atoms with van der Waals surface area (Å²) in [6, 6.07) is 9.27. The maximum absolute atomic E-state index is 14.4. The van der Waals surface area contributed by atoms with Crippen LogP contribution in [0.2, 0.25) is 0 Å². The minimum absolute atomic E-state index is 0.0176. The number of anilines is 2. The highest BCUT2D eigenvalue weighted by Crippen LogP contribution is 2.46. The highest BCUT2D eigenvalue weighted by atomic mass is 32.1. The summed E-state index contributed by atoms with van der Waals surface area (Å²) in [5.74, 6) is -3.90. The van der Waals surface area contributed by atoms with Crippen molar-refractivity contribution >= 4 is 33.8 Å². The third-order valence-corrected chi connectivity index (χ3v) is 6.08. The van der Waals surface area contributed by atoms with Crippen molar-refractivity contribution in [2.24, 2.45) is 0 Å².